The van der Waals surface area contributed by atoms with Crippen LogP contribution >= 0.6 is 0 Å². The van der Waals surface area contributed by atoms with Gasteiger partial charge in [-0.05, 0) is 47.0 Å². The third-order valence-corrected chi connectivity index (χ3v) is 3.95. The van der Waals surface area contributed by atoms with E-state index in [1.54, 1.807) is 0 Å². The molecule has 104 valence electrons. The van der Waals surface area contributed by atoms with Crippen LogP contribution in [0.25, 0.3) is 0 Å². The van der Waals surface area contributed by atoms with E-state index in [1.165, 1.54) is 12.8 Å². The highest BCUT2D eigenvalue weighted by molar-refractivity contribution is 5.81. The molecule has 1 saturated carbocycles. The first-order valence-corrected chi connectivity index (χ1v) is 7.29. The molecule has 1 saturated heterocycles. The van der Waals surface area contributed by atoms with E-state index in [0.29, 0.717) is 12.1 Å². The van der Waals surface area contributed by atoms with Gasteiger partial charge in [0.15, 0.2) is 0 Å². The summed E-state index contributed by atoms with van der Waals surface area (Å²) in [6, 6.07) is 2.08. The zero-order valence-electron chi connectivity index (χ0n) is 12.1. The molecule has 3 unspecified atom stereocenters. The van der Waals surface area contributed by atoms with E-state index < -0.39 is 0 Å². The van der Waals surface area contributed by atoms with Gasteiger partial charge >= 0.3 is 0 Å². The number of hydrogen-bond donors (Lipinski definition) is 2. The number of nitrogens with one attached hydrogen (secondary N) is 2. The Bertz CT molecular complexity index is 301. The lowest BCUT2D eigenvalue weighted by Gasteiger charge is -2.21. The predicted molar refractivity (Wildman–Crippen MR) is 73.5 cm³/mol. The molecule has 1 amide bonds. The molecule has 0 bridgehead atoms. The van der Waals surface area contributed by atoms with E-state index in [-0.39, 0.29) is 18.0 Å². The molecule has 4 nitrogen and oxygen atoms in total. The lowest BCUT2D eigenvalue weighted by Crippen LogP contribution is -2.49. The monoisotopic (exact) mass is 253 g/mol. The van der Waals surface area contributed by atoms with Crippen molar-refractivity contribution >= 4 is 5.91 Å². The van der Waals surface area contributed by atoms with E-state index in [2.05, 4.69) is 22.5 Å². The van der Waals surface area contributed by atoms with Crippen LogP contribution in [0.15, 0.2) is 0 Å². The molecule has 2 fully saturated rings. The van der Waals surface area contributed by atoms with E-state index in [1.807, 2.05) is 20.8 Å². The summed E-state index contributed by atoms with van der Waals surface area (Å²) in [5, 5.41) is 6.43. The Hall–Kier alpha value is -0.610. The van der Waals surface area contributed by atoms with E-state index in [9.17, 15) is 4.79 Å². The fraction of sp³-hybridized carbons (Fsp3) is 0.929. The van der Waals surface area contributed by atoms with Crippen molar-refractivity contribution in [1.82, 2.24) is 15.5 Å². The first kappa shape index (κ1) is 13.8. The molecule has 0 spiro atoms. The molecule has 2 rings (SSSR count). The van der Waals surface area contributed by atoms with Gasteiger partial charge in [0, 0.05) is 30.7 Å². The van der Waals surface area contributed by atoms with E-state index in [0.717, 1.165) is 19.0 Å². The van der Waals surface area contributed by atoms with E-state index >= 15 is 0 Å². The Morgan fingerprint density at radius 2 is 1.94 bits per heavy atom. The summed E-state index contributed by atoms with van der Waals surface area (Å²) in [4.78, 5) is 14.5. The van der Waals surface area contributed by atoms with Crippen LogP contribution in [0.3, 0.4) is 0 Å². The fourth-order valence-electron chi connectivity index (χ4n) is 2.93. The minimum absolute atomic E-state index is 0.0937. The quantitative estimate of drug-likeness (QED) is 0.771. The molecule has 4 heteroatoms. The molecule has 3 atom stereocenters. The SMILES string of the molecule is CC(C)NC(=O)C(C)NC1CC(C)N(C2CC2)C1. The maximum Gasteiger partial charge on any atom is 0.237 e. The van der Waals surface area contributed by atoms with Crippen LogP contribution in [0.5, 0.6) is 0 Å². The summed E-state index contributed by atoms with van der Waals surface area (Å²) in [5.74, 6) is 0.113. The summed E-state index contributed by atoms with van der Waals surface area (Å²) in [6.45, 7) is 9.36. The molecule has 2 N–H and O–H groups in total. The van der Waals surface area contributed by atoms with Crippen LogP contribution < -0.4 is 10.6 Å². The molecule has 0 aromatic rings. The number of carbonyl (C=O) groups is 1. The van der Waals surface area contributed by atoms with Crippen LogP contribution in [0.1, 0.15) is 47.0 Å². The van der Waals surface area contributed by atoms with Crippen molar-refractivity contribution in [2.75, 3.05) is 6.54 Å². The number of rotatable bonds is 5. The van der Waals surface area contributed by atoms with Crippen molar-refractivity contribution in [1.29, 1.82) is 0 Å². The van der Waals surface area contributed by atoms with Gasteiger partial charge in [-0.1, -0.05) is 0 Å². The lowest BCUT2D eigenvalue weighted by molar-refractivity contribution is -0.123. The Labute approximate surface area is 110 Å². The predicted octanol–water partition coefficient (Wildman–Crippen LogP) is 1.11. The number of carbonyl (C=O) groups excluding carboxylic acids is 1. The summed E-state index contributed by atoms with van der Waals surface area (Å²) in [6.07, 6.45) is 3.89. The lowest BCUT2D eigenvalue weighted by atomic mass is 10.1. The third-order valence-electron chi connectivity index (χ3n) is 3.95. The zero-order chi connectivity index (χ0) is 13.3. The number of likely N-dealkylation sites (tertiary alicyclic amines) is 1. The second-order valence-corrected chi connectivity index (χ2v) is 6.26. The number of nitrogens with zero attached hydrogens (tertiary/aromatic N) is 1. The highest BCUT2D eigenvalue weighted by Crippen LogP contribution is 2.33. The molecule has 0 aromatic heterocycles. The Kier molecular flexibility index (Phi) is 4.28. The van der Waals surface area contributed by atoms with Gasteiger partial charge in [-0.25, -0.2) is 0 Å². The largest absolute Gasteiger partial charge is 0.353 e. The summed E-state index contributed by atoms with van der Waals surface area (Å²) in [7, 11) is 0. The normalized spacial score (nSPS) is 30.7. The van der Waals surface area contributed by atoms with Crippen LogP contribution in [-0.2, 0) is 4.79 Å². The maximum atomic E-state index is 11.9. The number of hydrogen-bond acceptors (Lipinski definition) is 3. The highest BCUT2D eigenvalue weighted by atomic mass is 16.2. The maximum absolute atomic E-state index is 11.9. The standard InChI is InChI=1S/C14H27N3O/c1-9(2)15-14(18)11(4)16-12-7-10(3)17(8-12)13-5-6-13/h9-13,16H,5-8H2,1-4H3,(H,15,18). The second-order valence-electron chi connectivity index (χ2n) is 6.26. The summed E-state index contributed by atoms with van der Waals surface area (Å²) >= 11 is 0. The Morgan fingerprint density at radius 1 is 1.28 bits per heavy atom. The Morgan fingerprint density at radius 3 is 2.50 bits per heavy atom. The molecule has 18 heavy (non-hydrogen) atoms. The molecular formula is C14H27N3O. The smallest absolute Gasteiger partial charge is 0.237 e. The average molecular weight is 253 g/mol. The Balaban J connectivity index is 1.77. The van der Waals surface area contributed by atoms with E-state index in [4.69, 9.17) is 0 Å². The fourth-order valence-corrected chi connectivity index (χ4v) is 2.93. The van der Waals surface area contributed by atoms with Crippen molar-refractivity contribution in [3.05, 3.63) is 0 Å². The molecule has 2 aliphatic rings. The van der Waals surface area contributed by atoms with Crippen molar-refractivity contribution < 1.29 is 4.79 Å². The average Bonchev–Trinajstić information content (AvgIpc) is 3.03. The van der Waals surface area contributed by atoms with Crippen molar-refractivity contribution in [3.8, 4) is 0 Å². The van der Waals surface area contributed by atoms with Crippen LogP contribution in [0.2, 0.25) is 0 Å². The molecule has 0 radical (unpaired) electrons. The first-order valence-electron chi connectivity index (χ1n) is 7.29. The van der Waals surface area contributed by atoms with Gasteiger partial charge in [0.05, 0.1) is 6.04 Å². The van der Waals surface area contributed by atoms with Crippen LogP contribution in [0.4, 0.5) is 0 Å². The first-order chi connectivity index (χ1) is 8.47. The van der Waals surface area contributed by atoms with Crippen molar-refractivity contribution in [2.24, 2.45) is 0 Å². The van der Waals surface area contributed by atoms with Gasteiger partial charge < -0.3 is 10.6 Å². The molecule has 0 aromatic carbocycles. The van der Waals surface area contributed by atoms with Gasteiger partial charge in [0.2, 0.25) is 5.91 Å². The molecule has 1 aliphatic carbocycles. The second kappa shape index (κ2) is 5.57. The highest BCUT2D eigenvalue weighted by Gasteiger charge is 2.39. The van der Waals surface area contributed by atoms with Gasteiger partial charge in [-0.3, -0.25) is 9.69 Å². The summed E-state index contributed by atoms with van der Waals surface area (Å²) in [5.41, 5.74) is 0. The molecular weight excluding hydrogens is 226 g/mol. The minimum Gasteiger partial charge on any atom is -0.353 e. The molecule has 1 heterocycles. The van der Waals surface area contributed by atoms with Crippen LogP contribution in [0, 0.1) is 0 Å². The minimum atomic E-state index is -0.0937. The van der Waals surface area contributed by atoms with Gasteiger partial charge in [-0.2, -0.15) is 0 Å². The zero-order valence-corrected chi connectivity index (χ0v) is 12.1. The van der Waals surface area contributed by atoms with Gasteiger partial charge in [-0.15, -0.1) is 0 Å². The van der Waals surface area contributed by atoms with Crippen molar-refractivity contribution in [2.45, 2.75) is 77.2 Å². The summed E-state index contributed by atoms with van der Waals surface area (Å²) < 4.78 is 0. The van der Waals surface area contributed by atoms with Crippen molar-refractivity contribution in [3.63, 3.8) is 0 Å². The van der Waals surface area contributed by atoms with Gasteiger partial charge in [0.25, 0.3) is 0 Å². The van der Waals surface area contributed by atoms with Gasteiger partial charge in [0.1, 0.15) is 0 Å². The topological polar surface area (TPSA) is 44.4 Å². The molecule has 1 aliphatic heterocycles. The number of amides is 1. The van der Waals surface area contributed by atoms with Crippen LogP contribution in [-0.4, -0.2) is 47.6 Å². The third kappa shape index (κ3) is 3.45.